The maximum Gasteiger partial charge on any atom is 0.133 e. The number of nitrogens with two attached hydrogens (primary N) is 1. The molecule has 1 atom stereocenters. The fraction of sp³-hybridized carbons (Fsp3) is 0.583. The number of pyridine rings is 1. The molecule has 1 heterocycles. The average Bonchev–Trinajstić information content (AvgIpc) is 2.18. The minimum atomic E-state index is 0.0292. The summed E-state index contributed by atoms with van der Waals surface area (Å²) in [6.07, 6.45) is 1.83. The van der Waals surface area contributed by atoms with Crippen LogP contribution in [0.25, 0.3) is 0 Å². The van der Waals surface area contributed by atoms with Crippen LogP contribution in [0.15, 0.2) is 18.3 Å². The van der Waals surface area contributed by atoms with E-state index in [4.69, 9.17) is 5.73 Å². The van der Waals surface area contributed by atoms with Gasteiger partial charge in [-0.15, -0.1) is 0 Å². The average molecular weight is 207 g/mol. The van der Waals surface area contributed by atoms with E-state index in [2.05, 4.69) is 36.7 Å². The first-order valence-corrected chi connectivity index (χ1v) is 5.55. The Kier molecular flexibility index (Phi) is 4.09. The first-order valence-electron chi connectivity index (χ1n) is 5.55. The Hall–Kier alpha value is -1.09. The quantitative estimate of drug-likeness (QED) is 0.824. The largest absolute Gasteiger partial charge is 0.354 e. The molecule has 3 heteroatoms. The third kappa shape index (κ3) is 2.69. The number of hydrogen-bond acceptors (Lipinski definition) is 3. The molecule has 0 fully saturated rings. The van der Waals surface area contributed by atoms with Crippen molar-refractivity contribution in [2.24, 2.45) is 5.73 Å². The lowest BCUT2D eigenvalue weighted by molar-refractivity contribution is 0.679. The first-order chi connectivity index (χ1) is 7.07. The van der Waals surface area contributed by atoms with Gasteiger partial charge in [0.15, 0.2) is 0 Å². The zero-order chi connectivity index (χ0) is 11.4. The van der Waals surface area contributed by atoms with Crippen LogP contribution in [-0.2, 0) is 0 Å². The Morgan fingerprint density at radius 1 is 1.40 bits per heavy atom. The van der Waals surface area contributed by atoms with Crippen molar-refractivity contribution in [3.05, 3.63) is 23.9 Å². The summed E-state index contributed by atoms with van der Waals surface area (Å²) in [4.78, 5) is 6.70. The van der Waals surface area contributed by atoms with E-state index in [1.54, 1.807) is 0 Å². The lowest BCUT2D eigenvalue weighted by Gasteiger charge is -2.29. The van der Waals surface area contributed by atoms with Crippen molar-refractivity contribution < 1.29 is 0 Å². The normalized spacial score (nSPS) is 12.9. The van der Waals surface area contributed by atoms with Crippen LogP contribution < -0.4 is 10.6 Å². The molecule has 0 amide bonds. The van der Waals surface area contributed by atoms with Crippen molar-refractivity contribution in [1.82, 2.24) is 4.98 Å². The highest BCUT2D eigenvalue weighted by Gasteiger charge is 2.15. The van der Waals surface area contributed by atoms with Crippen LogP contribution in [0.3, 0.4) is 0 Å². The molecule has 0 aliphatic carbocycles. The number of anilines is 1. The maximum atomic E-state index is 5.94. The van der Waals surface area contributed by atoms with E-state index in [-0.39, 0.29) is 6.04 Å². The van der Waals surface area contributed by atoms with Gasteiger partial charge in [0.2, 0.25) is 0 Å². The van der Waals surface area contributed by atoms with Gasteiger partial charge in [0.05, 0.1) is 0 Å². The van der Waals surface area contributed by atoms with Gasteiger partial charge in [-0.1, -0.05) is 6.07 Å². The van der Waals surface area contributed by atoms with Crippen molar-refractivity contribution >= 4 is 5.82 Å². The summed E-state index contributed by atoms with van der Waals surface area (Å²) < 4.78 is 0. The molecule has 0 aliphatic heterocycles. The zero-order valence-corrected chi connectivity index (χ0v) is 10.1. The molecular formula is C12H21N3. The van der Waals surface area contributed by atoms with Crippen LogP contribution in [0.1, 0.15) is 39.3 Å². The van der Waals surface area contributed by atoms with Gasteiger partial charge >= 0.3 is 0 Å². The predicted molar refractivity (Wildman–Crippen MR) is 65.0 cm³/mol. The molecule has 2 N–H and O–H groups in total. The molecule has 3 nitrogen and oxygen atoms in total. The standard InChI is InChI=1S/C12H21N3/c1-5-15(9(2)3)12-11(10(4)13)7-6-8-14-12/h6-10H,5,13H2,1-4H3/t10-/m1/s1. The number of aromatic nitrogens is 1. The number of rotatable bonds is 4. The lowest BCUT2D eigenvalue weighted by atomic mass is 10.1. The summed E-state index contributed by atoms with van der Waals surface area (Å²) in [7, 11) is 0. The Bertz CT molecular complexity index is 307. The van der Waals surface area contributed by atoms with Gasteiger partial charge in [0, 0.05) is 30.4 Å². The van der Waals surface area contributed by atoms with Crippen LogP contribution in [0.2, 0.25) is 0 Å². The zero-order valence-electron chi connectivity index (χ0n) is 10.1. The minimum absolute atomic E-state index is 0.0292. The van der Waals surface area contributed by atoms with Crippen LogP contribution in [-0.4, -0.2) is 17.6 Å². The molecule has 0 aromatic carbocycles. The second-order valence-corrected chi connectivity index (χ2v) is 4.08. The number of hydrogen-bond donors (Lipinski definition) is 1. The lowest BCUT2D eigenvalue weighted by Crippen LogP contribution is -2.32. The molecule has 0 saturated heterocycles. The van der Waals surface area contributed by atoms with Gasteiger partial charge in [0.1, 0.15) is 5.82 Å². The van der Waals surface area contributed by atoms with E-state index >= 15 is 0 Å². The highest BCUT2D eigenvalue weighted by Crippen LogP contribution is 2.23. The Balaban J connectivity index is 3.11. The van der Waals surface area contributed by atoms with Crippen LogP contribution in [0.5, 0.6) is 0 Å². The van der Waals surface area contributed by atoms with Crippen LogP contribution >= 0.6 is 0 Å². The monoisotopic (exact) mass is 207 g/mol. The summed E-state index contributed by atoms with van der Waals surface area (Å²) in [5.41, 5.74) is 7.06. The molecule has 1 rings (SSSR count). The Morgan fingerprint density at radius 3 is 2.53 bits per heavy atom. The predicted octanol–water partition coefficient (Wildman–Crippen LogP) is 2.34. The fourth-order valence-electron chi connectivity index (χ4n) is 1.76. The SMILES string of the molecule is CCN(c1ncccc1[C@@H](C)N)C(C)C. The molecule has 0 bridgehead atoms. The van der Waals surface area contributed by atoms with Gasteiger partial charge in [0.25, 0.3) is 0 Å². The highest BCUT2D eigenvalue weighted by molar-refractivity contribution is 5.48. The molecule has 0 spiro atoms. The van der Waals surface area contributed by atoms with E-state index in [1.807, 2.05) is 19.2 Å². The topological polar surface area (TPSA) is 42.2 Å². The van der Waals surface area contributed by atoms with E-state index in [0.717, 1.165) is 17.9 Å². The molecule has 0 aliphatic rings. The third-order valence-corrected chi connectivity index (χ3v) is 2.54. The second-order valence-electron chi connectivity index (χ2n) is 4.08. The van der Waals surface area contributed by atoms with Crippen molar-refractivity contribution in [1.29, 1.82) is 0 Å². The third-order valence-electron chi connectivity index (χ3n) is 2.54. The summed E-state index contributed by atoms with van der Waals surface area (Å²) in [5, 5.41) is 0. The molecule has 0 unspecified atom stereocenters. The molecule has 84 valence electrons. The highest BCUT2D eigenvalue weighted by atomic mass is 15.2. The summed E-state index contributed by atoms with van der Waals surface area (Å²) >= 11 is 0. The summed E-state index contributed by atoms with van der Waals surface area (Å²) in [6, 6.07) is 4.47. The smallest absolute Gasteiger partial charge is 0.133 e. The van der Waals surface area contributed by atoms with E-state index < -0.39 is 0 Å². The number of nitrogens with zero attached hydrogens (tertiary/aromatic N) is 2. The van der Waals surface area contributed by atoms with Gasteiger partial charge in [-0.05, 0) is 33.8 Å². The molecule has 1 aromatic heterocycles. The molecule has 0 saturated carbocycles. The van der Waals surface area contributed by atoms with Crippen molar-refractivity contribution in [2.45, 2.75) is 39.8 Å². The summed E-state index contributed by atoms with van der Waals surface area (Å²) in [5.74, 6) is 1.02. The second kappa shape index (κ2) is 5.12. The summed E-state index contributed by atoms with van der Waals surface area (Å²) in [6.45, 7) is 9.43. The van der Waals surface area contributed by atoms with Gasteiger partial charge < -0.3 is 10.6 Å². The van der Waals surface area contributed by atoms with E-state index in [0.29, 0.717) is 6.04 Å². The van der Waals surface area contributed by atoms with Gasteiger partial charge in [-0.2, -0.15) is 0 Å². The van der Waals surface area contributed by atoms with Crippen molar-refractivity contribution in [3.8, 4) is 0 Å². The van der Waals surface area contributed by atoms with Gasteiger partial charge in [-0.25, -0.2) is 4.98 Å². The van der Waals surface area contributed by atoms with Crippen molar-refractivity contribution in [3.63, 3.8) is 0 Å². The van der Waals surface area contributed by atoms with Crippen molar-refractivity contribution in [2.75, 3.05) is 11.4 Å². The van der Waals surface area contributed by atoms with E-state index in [1.165, 1.54) is 0 Å². The molecule has 1 aromatic rings. The fourth-order valence-corrected chi connectivity index (χ4v) is 1.76. The van der Waals surface area contributed by atoms with Crippen LogP contribution in [0, 0.1) is 0 Å². The molecule has 15 heavy (non-hydrogen) atoms. The Labute approximate surface area is 92.3 Å². The molecular weight excluding hydrogens is 186 g/mol. The Morgan fingerprint density at radius 2 is 2.07 bits per heavy atom. The van der Waals surface area contributed by atoms with E-state index in [9.17, 15) is 0 Å². The van der Waals surface area contributed by atoms with Crippen LogP contribution in [0.4, 0.5) is 5.82 Å². The minimum Gasteiger partial charge on any atom is -0.354 e. The molecule has 0 radical (unpaired) electrons. The first kappa shape index (κ1) is 12.0. The maximum absolute atomic E-state index is 5.94. The van der Waals surface area contributed by atoms with Gasteiger partial charge in [-0.3, -0.25) is 0 Å².